The predicted octanol–water partition coefficient (Wildman–Crippen LogP) is 3.33. The van der Waals surface area contributed by atoms with Crippen LogP contribution >= 0.6 is 0 Å². The summed E-state index contributed by atoms with van der Waals surface area (Å²) in [6.45, 7) is 3.72. The molecule has 0 bridgehead atoms. The summed E-state index contributed by atoms with van der Waals surface area (Å²) in [7, 11) is 0. The van der Waals surface area contributed by atoms with Crippen molar-refractivity contribution >= 4 is 16.7 Å². The molecule has 2 aromatic carbocycles. The van der Waals surface area contributed by atoms with Gasteiger partial charge in [0.15, 0.2) is 0 Å². The molecule has 17 heavy (non-hydrogen) atoms. The molecule has 0 radical (unpaired) electrons. The Morgan fingerprint density at radius 3 is 2.59 bits per heavy atom. The fourth-order valence-electron chi connectivity index (χ4n) is 1.91. The zero-order valence-electron chi connectivity index (χ0n) is 10.1. The van der Waals surface area contributed by atoms with Crippen LogP contribution in [0.25, 0.3) is 10.8 Å². The fraction of sp³-hybridized carbons (Fsp3) is 0.267. The van der Waals surface area contributed by atoms with Crippen LogP contribution in [0.4, 0.5) is 0 Å². The molecular weight excluding hydrogens is 212 g/mol. The molecule has 0 aliphatic carbocycles. The van der Waals surface area contributed by atoms with E-state index in [1.165, 1.54) is 0 Å². The zero-order chi connectivity index (χ0) is 12.3. The van der Waals surface area contributed by atoms with Crippen LogP contribution < -0.4 is 0 Å². The highest BCUT2D eigenvalue weighted by Gasteiger charge is 2.09. The predicted molar refractivity (Wildman–Crippen MR) is 68.9 cm³/mol. The number of hydrogen-bond acceptors (Lipinski definition) is 2. The van der Waals surface area contributed by atoms with Crippen LogP contribution in [0.3, 0.4) is 0 Å². The van der Waals surface area contributed by atoms with Gasteiger partial charge < -0.3 is 4.74 Å². The molecular formula is C15H16O2. The van der Waals surface area contributed by atoms with Gasteiger partial charge in [0.2, 0.25) is 0 Å². The van der Waals surface area contributed by atoms with Crippen LogP contribution in [-0.2, 0) is 16.0 Å². The number of esters is 1. The Morgan fingerprint density at radius 2 is 1.82 bits per heavy atom. The van der Waals surface area contributed by atoms with E-state index in [9.17, 15) is 4.79 Å². The first-order valence-electron chi connectivity index (χ1n) is 5.83. The average molecular weight is 228 g/mol. The summed E-state index contributed by atoms with van der Waals surface area (Å²) in [5.74, 6) is -0.170. The Labute approximate surface area is 101 Å². The summed E-state index contributed by atoms with van der Waals surface area (Å²) in [5.41, 5.74) is 1.02. The first kappa shape index (κ1) is 11.6. The third kappa shape index (κ3) is 2.84. The van der Waals surface area contributed by atoms with E-state index >= 15 is 0 Å². The average Bonchev–Trinajstić information content (AvgIpc) is 2.28. The molecule has 2 heteroatoms. The number of carbonyl (C=O) groups excluding carboxylic acids is 1. The monoisotopic (exact) mass is 228 g/mol. The maximum atomic E-state index is 11.6. The van der Waals surface area contributed by atoms with Crippen molar-refractivity contribution in [2.45, 2.75) is 26.4 Å². The number of rotatable bonds is 3. The van der Waals surface area contributed by atoms with Crippen molar-refractivity contribution in [3.8, 4) is 0 Å². The second kappa shape index (κ2) is 5.00. The highest BCUT2D eigenvalue weighted by molar-refractivity contribution is 5.88. The van der Waals surface area contributed by atoms with E-state index in [4.69, 9.17) is 4.74 Å². The molecule has 0 amide bonds. The van der Waals surface area contributed by atoms with Crippen LogP contribution in [0.1, 0.15) is 19.4 Å². The van der Waals surface area contributed by atoms with Crippen molar-refractivity contribution < 1.29 is 9.53 Å². The molecule has 0 fully saturated rings. The van der Waals surface area contributed by atoms with E-state index in [1.54, 1.807) is 0 Å². The van der Waals surface area contributed by atoms with Crippen molar-refractivity contribution in [3.05, 3.63) is 48.0 Å². The summed E-state index contributed by atoms with van der Waals surface area (Å²) in [6, 6.07) is 14.1. The molecule has 0 aliphatic rings. The van der Waals surface area contributed by atoms with Gasteiger partial charge in [0.05, 0.1) is 12.5 Å². The molecule has 0 aliphatic heterocycles. The Bertz CT molecular complexity index is 524. The normalized spacial score (nSPS) is 10.8. The SMILES string of the molecule is CC(C)OC(=O)Cc1cccc2ccccc12. The third-order valence-electron chi connectivity index (χ3n) is 2.58. The molecule has 0 N–H and O–H groups in total. The first-order valence-corrected chi connectivity index (χ1v) is 5.83. The molecule has 2 aromatic rings. The lowest BCUT2D eigenvalue weighted by atomic mass is 10.0. The molecule has 2 nitrogen and oxygen atoms in total. The molecule has 0 heterocycles. The number of ether oxygens (including phenoxy) is 1. The maximum absolute atomic E-state index is 11.6. The Balaban J connectivity index is 2.27. The van der Waals surface area contributed by atoms with E-state index in [2.05, 4.69) is 0 Å². The number of carbonyl (C=O) groups is 1. The molecule has 0 spiro atoms. The Kier molecular flexibility index (Phi) is 3.43. The van der Waals surface area contributed by atoms with Crippen LogP contribution in [0, 0.1) is 0 Å². The van der Waals surface area contributed by atoms with E-state index in [1.807, 2.05) is 56.3 Å². The van der Waals surface area contributed by atoms with Gasteiger partial charge in [0.25, 0.3) is 0 Å². The van der Waals surface area contributed by atoms with Crippen molar-refractivity contribution in [1.29, 1.82) is 0 Å². The minimum Gasteiger partial charge on any atom is -0.463 e. The minimum atomic E-state index is -0.170. The van der Waals surface area contributed by atoms with E-state index in [-0.39, 0.29) is 12.1 Å². The summed E-state index contributed by atoms with van der Waals surface area (Å²) >= 11 is 0. The van der Waals surface area contributed by atoms with Gasteiger partial charge >= 0.3 is 5.97 Å². The van der Waals surface area contributed by atoms with Crippen LogP contribution in [0.5, 0.6) is 0 Å². The van der Waals surface area contributed by atoms with Gasteiger partial charge in [-0.1, -0.05) is 42.5 Å². The van der Waals surface area contributed by atoms with Gasteiger partial charge in [-0.3, -0.25) is 4.79 Å². The standard InChI is InChI=1S/C15H16O2/c1-11(2)17-15(16)10-13-8-5-7-12-6-3-4-9-14(12)13/h3-9,11H,10H2,1-2H3. The number of benzene rings is 2. The highest BCUT2D eigenvalue weighted by Crippen LogP contribution is 2.19. The molecule has 0 aromatic heterocycles. The lowest BCUT2D eigenvalue weighted by Gasteiger charge is -2.09. The van der Waals surface area contributed by atoms with Gasteiger partial charge in [-0.05, 0) is 30.2 Å². The van der Waals surface area contributed by atoms with Crippen molar-refractivity contribution in [1.82, 2.24) is 0 Å². The largest absolute Gasteiger partial charge is 0.463 e. The topological polar surface area (TPSA) is 26.3 Å². The molecule has 0 atom stereocenters. The van der Waals surface area contributed by atoms with Crippen molar-refractivity contribution in [2.75, 3.05) is 0 Å². The van der Waals surface area contributed by atoms with Gasteiger partial charge in [0, 0.05) is 0 Å². The quantitative estimate of drug-likeness (QED) is 0.753. The lowest BCUT2D eigenvalue weighted by molar-refractivity contribution is -0.146. The Hall–Kier alpha value is -1.83. The molecule has 0 unspecified atom stereocenters. The summed E-state index contributed by atoms with van der Waals surface area (Å²) in [4.78, 5) is 11.6. The minimum absolute atomic E-state index is 0.0579. The van der Waals surface area contributed by atoms with Crippen LogP contribution in [0.15, 0.2) is 42.5 Å². The van der Waals surface area contributed by atoms with Crippen molar-refractivity contribution in [3.63, 3.8) is 0 Å². The van der Waals surface area contributed by atoms with Crippen molar-refractivity contribution in [2.24, 2.45) is 0 Å². The number of fused-ring (bicyclic) bond motifs is 1. The van der Waals surface area contributed by atoms with E-state index in [0.29, 0.717) is 6.42 Å². The molecule has 0 saturated heterocycles. The van der Waals surface area contributed by atoms with Gasteiger partial charge in [-0.15, -0.1) is 0 Å². The highest BCUT2D eigenvalue weighted by atomic mass is 16.5. The smallest absolute Gasteiger partial charge is 0.310 e. The van der Waals surface area contributed by atoms with E-state index < -0.39 is 0 Å². The number of hydrogen-bond donors (Lipinski definition) is 0. The lowest BCUT2D eigenvalue weighted by Crippen LogP contribution is -2.13. The summed E-state index contributed by atoms with van der Waals surface area (Å²) < 4.78 is 5.16. The van der Waals surface area contributed by atoms with Gasteiger partial charge in [-0.2, -0.15) is 0 Å². The van der Waals surface area contributed by atoms with E-state index in [0.717, 1.165) is 16.3 Å². The van der Waals surface area contributed by atoms with Gasteiger partial charge in [-0.25, -0.2) is 0 Å². The van der Waals surface area contributed by atoms with Crippen LogP contribution in [0.2, 0.25) is 0 Å². The first-order chi connectivity index (χ1) is 8.16. The summed E-state index contributed by atoms with van der Waals surface area (Å²) in [5, 5.41) is 2.28. The third-order valence-corrected chi connectivity index (χ3v) is 2.58. The second-order valence-electron chi connectivity index (χ2n) is 4.35. The fourth-order valence-corrected chi connectivity index (χ4v) is 1.91. The van der Waals surface area contributed by atoms with Gasteiger partial charge in [0.1, 0.15) is 0 Å². The molecule has 2 rings (SSSR count). The second-order valence-corrected chi connectivity index (χ2v) is 4.35. The maximum Gasteiger partial charge on any atom is 0.310 e. The Morgan fingerprint density at radius 1 is 1.12 bits per heavy atom. The van der Waals surface area contributed by atoms with Crippen LogP contribution in [-0.4, -0.2) is 12.1 Å². The molecule has 88 valence electrons. The zero-order valence-corrected chi connectivity index (χ0v) is 10.1. The summed E-state index contributed by atoms with van der Waals surface area (Å²) in [6.07, 6.45) is 0.275. The molecule has 0 saturated carbocycles.